The number of hydrogen-bond acceptors (Lipinski definition) is 9. The lowest BCUT2D eigenvalue weighted by Crippen LogP contribution is -2.67. The van der Waals surface area contributed by atoms with Crippen LogP contribution in [0.5, 0.6) is 0 Å². The van der Waals surface area contributed by atoms with E-state index in [4.69, 9.17) is 14.3 Å². The van der Waals surface area contributed by atoms with E-state index >= 15 is 0 Å². The Balaban J connectivity index is 1.39. The number of morpholine rings is 1. The average molecular weight is 836 g/mol. The van der Waals surface area contributed by atoms with E-state index in [0.29, 0.717) is 6.07 Å². The van der Waals surface area contributed by atoms with Crippen molar-refractivity contribution in [3.8, 4) is 0 Å². The molecular formula is C38H44F3N3O7S3Si. The van der Waals surface area contributed by atoms with E-state index in [1.807, 2.05) is 54.6 Å². The Morgan fingerprint density at radius 2 is 1.49 bits per heavy atom. The second-order valence-corrected chi connectivity index (χ2v) is 23.0. The molecule has 0 saturated carbocycles. The van der Waals surface area contributed by atoms with Crippen LogP contribution in [0.2, 0.25) is 5.04 Å². The molecule has 3 N–H and O–H groups in total. The number of hydrogen-bond donors (Lipinski definition) is 2. The van der Waals surface area contributed by atoms with Crippen LogP contribution in [0.15, 0.2) is 124 Å². The molecule has 0 unspecified atom stereocenters. The van der Waals surface area contributed by atoms with Crippen LogP contribution in [0, 0.1) is 0 Å². The highest BCUT2D eigenvalue weighted by Crippen LogP contribution is 2.38. The van der Waals surface area contributed by atoms with E-state index in [9.17, 15) is 34.8 Å². The number of benzene rings is 4. The van der Waals surface area contributed by atoms with Crippen LogP contribution in [0.25, 0.3) is 0 Å². The number of nitrogens with two attached hydrogens (primary N) is 1. The van der Waals surface area contributed by atoms with Crippen LogP contribution in [0.1, 0.15) is 27.2 Å². The van der Waals surface area contributed by atoms with Gasteiger partial charge in [0.05, 0.1) is 29.9 Å². The molecular weight excluding hydrogens is 792 g/mol. The van der Waals surface area contributed by atoms with Gasteiger partial charge in [-0.3, -0.25) is 4.79 Å². The predicted molar refractivity (Wildman–Crippen MR) is 210 cm³/mol. The number of sulfone groups is 1. The first-order valence-electron chi connectivity index (χ1n) is 17.4. The number of nitrogens with zero attached hydrogens (tertiary/aromatic N) is 1. The number of carbonyl (C=O) groups is 1. The van der Waals surface area contributed by atoms with Gasteiger partial charge in [0.1, 0.15) is 4.90 Å². The van der Waals surface area contributed by atoms with Gasteiger partial charge in [-0.15, -0.1) is 11.8 Å². The van der Waals surface area contributed by atoms with Crippen LogP contribution >= 0.6 is 11.8 Å². The minimum atomic E-state index is -6.04. The molecule has 0 bridgehead atoms. The number of nitrogens with one attached hydrogen (secondary N) is 1. The first-order valence-corrected chi connectivity index (χ1v) is 23.3. The first-order chi connectivity index (χ1) is 25.8. The van der Waals surface area contributed by atoms with E-state index in [1.165, 1.54) is 11.8 Å². The molecule has 4 aromatic carbocycles. The Morgan fingerprint density at radius 1 is 0.927 bits per heavy atom. The third-order valence-electron chi connectivity index (χ3n) is 9.24. The smallest absolute Gasteiger partial charge is 0.405 e. The number of anilines is 1. The summed E-state index contributed by atoms with van der Waals surface area (Å²) in [5.41, 5.74) is -6.26. The molecule has 55 heavy (non-hydrogen) atoms. The monoisotopic (exact) mass is 835 g/mol. The van der Waals surface area contributed by atoms with Crippen molar-refractivity contribution in [2.45, 2.75) is 64.6 Å². The Labute approximate surface area is 325 Å². The molecule has 0 spiro atoms. The molecule has 2 atom stereocenters. The molecule has 17 heteroatoms. The topological polar surface area (TPSA) is 145 Å². The minimum Gasteiger partial charge on any atom is -0.405 e. The molecule has 0 aliphatic carbocycles. The molecule has 1 heterocycles. The fourth-order valence-electron chi connectivity index (χ4n) is 6.60. The number of sulfonamides is 1. The molecule has 5 rings (SSSR count). The third kappa shape index (κ3) is 10.00. The van der Waals surface area contributed by atoms with Gasteiger partial charge < -0.3 is 19.4 Å². The summed E-state index contributed by atoms with van der Waals surface area (Å²) in [5.74, 6) is -0.200. The minimum absolute atomic E-state index is 0.142. The molecule has 1 amide bonds. The summed E-state index contributed by atoms with van der Waals surface area (Å²) < 4.78 is 104. The predicted octanol–water partition coefficient (Wildman–Crippen LogP) is 5.39. The maximum absolute atomic E-state index is 14.0. The number of alkyl halides is 3. The van der Waals surface area contributed by atoms with Gasteiger partial charge in [-0.1, -0.05) is 99.6 Å². The zero-order valence-electron chi connectivity index (χ0n) is 30.5. The highest BCUT2D eigenvalue weighted by atomic mass is 32.2. The van der Waals surface area contributed by atoms with Gasteiger partial charge in [0.2, 0.25) is 15.9 Å². The zero-order valence-corrected chi connectivity index (χ0v) is 34.0. The zero-order chi connectivity index (χ0) is 40.1. The Morgan fingerprint density at radius 3 is 2.02 bits per heavy atom. The molecule has 1 aliphatic rings. The lowest BCUT2D eigenvalue weighted by molar-refractivity contribution is -0.140. The van der Waals surface area contributed by atoms with Gasteiger partial charge in [0.15, 0.2) is 0 Å². The molecule has 1 saturated heterocycles. The van der Waals surface area contributed by atoms with Gasteiger partial charge in [-0.05, 0) is 45.7 Å². The molecule has 1 fully saturated rings. The van der Waals surface area contributed by atoms with Gasteiger partial charge in [0, 0.05) is 36.2 Å². The van der Waals surface area contributed by atoms with Crippen LogP contribution in [-0.4, -0.2) is 85.7 Å². The van der Waals surface area contributed by atoms with Crippen molar-refractivity contribution < 1.29 is 44.0 Å². The molecule has 4 aromatic rings. The van der Waals surface area contributed by atoms with Gasteiger partial charge in [-0.25, -0.2) is 22.0 Å². The lowest BCUT2D eigenvalue weighted by Gasteiger charge is -2.44. The standard InChI is InChI=1S/C38H44F3N3O7S3Si/c1-37(2,3)55(32-15-9-5-10-16-32,33-17-11-6-12-18-33)51-26-29-25-44(21-22-50-29)36(45)23-28(27-52-30-13-7-4-8-14-30)43-34-20-19-31(54(42,48)49)24-35(34)53(46,47)38(39,40)41/h4-20,24,28-29,43H,21-23,25-27H2,1-3H3,(H2,42,48,49)/t28-,29+/m1/s1. The van der Waals surface area contributed by atoms with Gasteiger partial charge in [-0.2, -0.15) is 13.2 Å². The van der Waals surface area contributed by atoms with Crippen LogP contribution in [0.3, 0.4) is 0 Å². The summed E-state index contributed by atoms with van der Waals surface area (Å²) in [6.45, 7) is 7.33. The third-order valence-corrected chi connectivity index (χ3v) is 17.9. The molecule has 1 aliphatic heterocycles. The van der Waals surface area contributed by atoms with Gasteiger partial charge >= 0.3 is 5.51 Å². The molecule has 296 valence electrons. The van der Waals surface area contributed by atoms with Crippen molar-refractivity contribution in [1.29, 1.82) is 0 Å². The second-order valence-electron chi connectivity index (χ2n) is 14.1. The number of halogens is 3. The SMILES string of the molecule is CC(C)(C)[Si](OC[C@@H]1CN(C(=O)C[C@H](CSc2ccccc2)Nc2ccc(S(N)(=O)=O)cc2S(=O)(=O)C(F)(F)F)CCO1)(c1ccccc1)c1ccccc1. The summed E-state index contributed by atoms with van der Waals surface area (Å²) in [4.78, 5) is 14.3. The Hall–Kier alpha value is -3.71. The van der Waals surface area contributed by atoms with Crippen LogP contribution in [0.4, 0.5) is 18.9 Å². The van der Waals surface area contributed by atoms with E-state index in [1.54, 1.807) is 17.0 Å². The summed E-state index contributed by atoms with van der Waals surface area (Å²) in [6.07, 6.45) is -0.719. The second kappa shape index (κ2) is 17.2. The van der Waals surface area contributed by atoms with Crippen molar-refractivity contribution in [3.05, 3.63) is 109 Å². The number of rotatable bonds is 14. The number of amides is 1. The average Bonchev–Trinajstić information content (AvgIpc) is 3.14. The fraction of sp³-hybridized carbons (Fsp3) is 0.342. The van der Waals surface area contributed by atoms with E-state index < -0.39 is 61.3 Å². The summed E-state index contributed by atoms with van der Waals surface area (Å²) >= 11 is 1.31. The number of thioether (sulfide) groups is 1. The van der Waals surface area contributed by atoms with E-state index in [-0.39, 0.29) is 49.4 Å². The van der Waals surface area contributed by atoms with Crippen LogP contribution in [-0.2, 0) is 33.8 Å². The highest BCUT2D eigenvalue weighted by Gasteiger charge is 2.51. The summed E-state index contributed by atoms with van der Waals surface area (Å²) in [5, 5.41) is 9.84. The lowest BCUT2D eigenvalue weighted by atomic mass is 10.1. The number of ether oxygens (including phenoxy) is 1. The molecule has 0 radical (unpaired) electrons. The molecule has 10 nitrogen and oxygen atoms in total. The van der Waals surface area contributed by atoms with Crippen molar-refractivity contribution in [2.75, 3.05) is 37.4 Å². The van der Waals surface area contributed by atoms with E-state index in [2.05, 4.69) is 50.4 Å². The summed E-state index contributed by atoms with van der Waals surface area (Å²) in [6, 6.07) is 30.6. The maximum atomic E-state index is 14.0. The number of primary sulfonamides is 1. The highest BCUT2D eigenvalue weighted by molar-refractivity contribution is 7.99. The van der Waals surface area contributed by atoms with E-state index in [0.717, 1.165) is 27.4 Å². The normalized spacial score (nSPS) is 16.4. The fourth-order valence-corrected chi connectivity index (χ4v) is 13.7. The van der Waals surface area contributed by atoms with Crippen molar-refractivity contribution in [3.63, 3.8) is 0 Å². The molecule has 0 aromatic heterocycles. The quantitative estimate of drug-likeness (QED) is 0.126. The number of carbonyl (C=O) groups excluding carboxylic acids is 1. The Kier molecular flexibility index (Phi) is 13.3. The largest absolute Gasteiger partial charge is 0.501 e. The Bertz CT molecular complexity index is 2100. The van der Waals surface area contributed by atoms with Crippen molar-refractivity contribution in [2.24, 2.45) is 5.14 Å². The van der Waals surface area contributed by atoms with Crippen molar-refractivity contribution in [1.82, 2.24) is 4.90 Å². The van der Waals surface area contributed by atoms with Crippen molar-refractivity contribution >= 4 is 61.9 Å². The first kappa shape index (κ1) is 42.4. The van der Waals surface area contributed by atoms with Crippen LogP contribution < -0.4 is 20.8 Å². The maximum Gasteiger partial charge on any atom is 0.501 e. The van der Waals surface area contributed by atoms with Gasteiger partial charge in [0.25, 0.3) is 18.2 Å². The summed E-state index contributed by atoms with van der Waals surface area (Å²) in [7, 11) is -13.5.